The summed E-state index contributed by atoms with van der Waals surface area (Å²) in [4.78, 5) is 4.77. The predicted molar refractivity (Wildman–Crippen MR) is 90.6 cm³/mol. The van der Waals surface area contributed by atoms with E-state index in [-0.39, 0.29) is 6.04 Å². The Balaban J connectivity index is 2.26. The van der Waals surface area contributed by atoms with Gasteiger partial charge in [0.05, 0.1) is 17.1 Å². The second kappa shape index (κ2) is 7.08. The number of aromatic nitrogens is 2. The third kappa shape index (κ3) is 3.65. The Labute approximate surface area is 128 Å². The first-order chi connectivity index (χ1) is 10.0. The summed E-state index contributed by atoms with van der Waals surface area (Å²) in [5.41, 5.74) is 11.1. The fourth-order valence-corrected chi connectivity index (χ4v) is 2.85. The van der Waals surface area contributed by atoms with E-state index < -0.39 is 0 Å². The fourth-order valence-electron chi connectivity index (χ4n) is 2.85. The first-order valence-electron chi connectivity index (χ1n) is 8.27. The summed E-state index contributed by atoms with van der Waals surface area (Å²) in [6, 6.07) is 4.42. The average molecular weight is 287 g/mol. The van der Waals surface area contributed by atoms with Crippen molar-refractivity contribution in [1.82, 2.24) is 9.55 Å². The van der Waals surface area contributed by atoms with Gasteiger partial charge in [0.2, 0.25) is 0 Å². The van der Waals surface area contributed by atoms with Crippen LogP contribution in [0.1, 0.15) is 68.9 Å². The van der Waals surface area contributed by atoms with E-state index in [0.29, 0.717) is 0 Å². The van der Waals surface area contributed by atoms with Crippen LogP contribution >= 0.6 is 0 Å². The molecule has 0 aliphatic rings. The third-order valence-corrected chi connectivity index (χ3v) is 4.29. The van der Waals surface area contributed by atoms with E-state index in [0.717, 1.165) is 17.9 Å². The van der Waals surface area contributed by atoms with E-state index in [9.17, 15) is 0 Å². The monoisotopic (exact) mass is 287 g/mol. The number of rotatable bonds is 7. The molecule has 0 radical (unpaired) electrons. The molecule has 3 nitrogen and oxygen atoms in total. The number of benzene rings is 1. The van der Waals surface area contributed by atoms with E-state index in [2.05, 4.69) is 37.5 Å². The minimum absolute atomic E-state index is 0.0198. The maximum absolute atomic E-state index is 6.12. The lowest BCUT2D eigenvalue weighted by Gasteiger charge is -2.12. The zero-order valence-electron chi connectivity index (χ0n) is 13.9. The molecular weight excluding hydrogens is 258 g/mol. The lowest BCUT2D eigenvalue weighted by molar-refractivity contribution is 0.549. The van der Waals surface area contributed by atoms with Gasteiger partial charge in [-0.15, -0.1) is 0 Å². The molecule has 1 aromatic carbocycles. The predicted octanol–water partition coefficient (Wildman–Crippen LogP) is 4.64. The Bertz CT molecular complexity index is 596. The first-order valence-corrected chi connectivity index (χ1v) is 8.27. The average Bonchev–Trinajstić information content (AvgIpc) is 2.77. The highest BCUT2D eigenvalue weighted by Gasteiger charge is 2.14. The molecule has 116 valence electrons. The maximum atomic E-state index is 6.12. The molecule has 0 amide bonds. The van der Waals surface area contributed by atoms with Crippen molar-refractivity contribution in [3.63, 3.8) is 0 Å². The van der Waals surface area contributed by atoms with Gasteiger partial charge < -0.3 is 10.3 Å². The Morgan fingerprint density at radius 2 is 1.76 bits per heavy atom. The van der Waals surface area contributed by atoms with Crippen LogP contribution in [0.15, 0.2) is 12.1 Å². The molecule has 0 saturated heterocycles. The van der Waals surface area contributed by atoms with Crippen molar-refractivity contribution in [2.24, 2.45) is 5.73 Å². The second-order valence-electron chi connectivity index (χ2n) is 6.25. The summed E-state index contributed by atoms with van der Waals surface area (Å²) in [6.07, 6.45) is 6.45. The Morgan fingerprint density at radius 1 is 1.10 bits per heavy atom. The van der Waals surface area contributed by atoms with Gasteiger partial charge in [0, 0.05) is 6.54 Å². The summed E-state index contributed by atoms with van der Waals surface area (Å²) in [5, 5.41) is 0. The largest absolute Gasteiger partial charge is 0.327 e. The number of hydrogen-bond acceptors (Lipinski definition) is 2. The summed E-state index contributed by atoms with van der Waals surface area (Å²) < 4.78 is 2.33. The molecule has 2 rings (SSSR count). The van der Waals surface area contributed by atoms with Gasteiger partial charge in [0.15, 0.2) is 0 Å². The van der Waals surface area contributed by atoms with E-state index >= 15 is 0 Å². The fraction of sp³-hybridized carbons (Fsp3) is 0.611. The Hall–Kier alpha value is -1.35. The van der Waals surface area contributed by atoms with Crippen LogP contribution in [-0.4, -0.2) is 9.55 Å². The Morgan fingerprint density at radius 3 is 2.43 bits per heavy atom. The maximum Gasteiger partial charge on any atom is 0.126 e. The quantitative estimate of drug-likeness (QED) is 0.754. The zero-order chi connectivity index (χ0) is 15.4. The molecule has 2 aromatic rings. The smallest absolute Gasteiger partial charge is 0.126 e. The van der Waals surface area contributed by atoms with Gasteiger partial charge in [-0.25, -0.2) is 4.98 Å². The van der Waals surface area contributed by atoms with E-state index in [4.69, 9.17) is 10.7 Å². The van der Waals surface area contributed by atoms with Gasteiger partial charge in [-0.05, 0) is 50.5 Å². The molecule has 0 bridgehead atoms. The molecule has 21 heavy (non-hydrogen) atoms. The third-order valence-electron chi connectivity index (χ3n) is 4.29. The molecule has 1 aromatic heterocycles. The van der Waals surface area contributed by atoms with E-state index in [1.54, 1.807) is 0 Å². The van der Waals surface area contributed by atoms with Gasteiger partial charge in [0.25, 0.3) is 0 Å². The van der Waals surface area contributed by atoms with Crippen LogP contribution in [0.4, 0.5) is 0 Å². The molecule has 0 aliphatic heterocycles. The van der Waals surface area contributed by atoms with Crippen molar-refractivity contribution in [2.75, 3.05) is 0 Å². The van der Waals surface area contributed by atoms with Gasteiger partial charge in [-0.2, -0.15) is 0 Å². The molecule has 1 unspecified atom stereocenters. The Kier molecular flexibility index (Phi) is 5.40. The molecule has 3 heteroatoms. The van der Waals surface area contributed by atoms with Crippen molar-refractivity contribution in [2.45, 2.75) is 72.4 Å². The van der Waals surface area contributed by atoms with Crippen molar-refractivity contribution in [3.05, 3.63) is 29.1 Å². The number of imidazole rings is 1. The summed E-state index contributed by atoms with van der Waals surface area (Å²) in [5.74, 6) is 1.02. The molecule has 2 N–H and O–H groups in total. The second-order valence-corrected chi connectivity index (χ2v) is 6.25. The molecule has 1 atom stereocenters. The number of unbranched alkanes of at least 4 members (excludes halogenated alkanes) is 4. The topological polar surface area (TPSA) is 43.8 Å². The van der Waals surface area contributed by atoms with Crippen LogP contribution in [0.25, 0.3) is 11.0 Å². The number of nitrogens with two attached hydrogens (primary N) is 1. The minimum atomic E-state index is -0.0198. The van der Waals surface area contributed by atoms with Crippen LogP contribution in [0.3, 0.4) is 0 Å². The first kappa shape index (κ1) is 16.0. The van der Waals surface area contributed by atoms with Crippen LogP contribution in [0.2, 0.25) is 0 Å². The van der Waals surface area contributed by atoms with Gasteiger partial charge in [-0.3, -0.25) is 0 Å². The number of aryl methyl sites for hydroxylation is 3. The number of nitrogens with zero attached hydrogens (tertiary/aromatic N) is 2. The van der Waals surface area contributed by atoms with Gasteiger partial charge in [-0.1, -0.05) is 32.6 Å². The summed E-state index contributed by atoms with van der Waals surface area (Å²) in [6.45, 7) is 9.61. The zero-order valence-corrected chi connectivity index (χ0v) is 13.9. The normalized spacial score (nSPS) is 13.0. The van der Waals surface area contributed by atoms with Crippen LogP contribution in [0.5, 0.6) is 0 Å². The van der Waals surface area contributed by atoms with Crippen molar-refractivity contribution in [1.29, 1.82) is 0 Å². The van der Waals surface area contributed by atoms with Crippen molar-refractivity contribution in [3.8, 4) is 0 Å². The minimum Gasteiger partial charge on any atom is -0.327 e. The van der Waals surface area contributed by atoms with E-state index in [1.807, 2.05) is 6.92 Å². The highest BCUT2D eigenvalue weighted by atomic mass is 15.1. The molecule has 0 saturated carbocycles. The standard InChI is InChI=1S/C18H29N3/c1-5-6-7-8-9-10-21-17-12-14(3)13(2)11-16(17)20-18(21)15(4)19/h11-12,15H,5-10,19H2,1-4H3. The summed E-state index contributed by atoms with van der Waals surface area (Å²) in [7, 11) is 0. The van der Waals surface area contributed by atoms with Crippen molar-refractivity contribution < 1.29 is 0 Å². The molecule has 1 heterocycles. The van der Waals surface area contributed by atoms with E-state index in [1.165, 1.54) is 48.7 Å². The SMILES string of the molecule is CCCCCCCn1c(C(C)N)nc2cc(C)c(C)cc21. The summed E-state index contributed by atoms with van der Waals surface area (Å²) >= 11 is 0. The molecule has 0 fully saturated rings. The van der Waals surface area contributed by atoms with Crippen molar-refractivity contribution >= 4 is 11.0 Å². The van der Waals surface area contributed by atoms with Crippen LogP contribution < -0.4 is 5.73 Å². The highest BCUT2D eigenvalue weighted by molar-refractivity contribution is 5.78. The molecule has 0 aliphatic carbocycles. The van der Waals surface area contributed by atoms with Gasteiger partial charge >= 0.3 is 0 Å². The number of fused-ring (bicyclic) bond motifs is 1. The lowest BCUT2D eigenvalue weighted by atomic mass is 10.1. The van der Waals surface area contributed by atoms with Gasteiger partial charge in [0.1, 0.15) is 5.82 Å². The lowest BCUT2D eigenvalue weighted by Crippen LogP contribution is -2.13. The molecule has 0 spiro atoms. The highest BCUT2D eigenvalue weighted by Crippen LogP contribution is 2.24. The molecular formula is C18H29N3. The van der Waals surface area contributed by atoms with Crippen LogP contribution in [-0.2, 0) is 6.54 Å². The van der Waals surface area contributed by atoms with Crippen LogP contribution in [0, 0.1) is 13.8 Å². The number of hydrogen-bond donors (Lipinski definition) is 1.